The summed E-state index contributed by atoms with van der Waals surface area (Å²) < 4.78 is 0. The van der Waals surface area contributed by atoms with E-state index in [9.17, 15) is 0 Å². The third-order valence-electron chi connectivity index (χ3n) is 1.98. The van der Waals surface area contributed by atoms with Crippen LogP contribution >= 0.6 is 0 Å². The molecule has 0 spiro atoms. The molecule has 0 aliphatic carbocycles. The molecule has 0 amide bonds. The molecule has 4 nitrogen and oxygen atoms in total. The molecule has 0 fully saturated rings. The molecular formula is C10H16N4. The normalized spacial score (nSPS) is 11.4. The predicted molar refractivity (Wildman–Crippen MR) is 57.4 cm³/mol. The Balaban J connectivity index is 2.65. The number of rotatable bonds is 3. The highest BCUT2D eigenvalue weighted by Gasteiger charge is 2.00. The summed E-state index contributed by atoms with van der Waals surface area (Å²) in [4.78, 5) is 0. The van der Waals surface area contributed by atoms with E-state index < -0.39 is 0 Å². The molecule has 4 heteroatoms. The van der Waals surface area contributed by atoms with Crippen LogP contribution in [-0.2, 0) is 6.54 Å². The maximum Gasteiger partial charge on any atom is 0.129 e. The Morgan fingerprint density at radius 1 is 1.36 bits per heavy atom. The second-order valence-corrected chi connectivity index (χ2v) is 3.21. The van der Waals surface area contributed by atoms with E-state index in [-0.39, 0.29) is 0 Å². The minimum Gasteiger partial charge on any atom is -0.402 e. The van der Waals surface area contributed by atoms with Gasteiger partial charge in [0.2, 0.25) is 0 Å². The SMILES string of the molecule is Cc1ccc(CN(N)/C(N)=C\N)cc1. The van der Waals surface area contributed by atoms with Gasteiger partial charge in [-0.2, -0.15) is 0 Å². The second-order valence-electron chi connectivity index (χ2n) is 3.21. The standard InChI is InChI=1S/C10H16N4/c1-8-2-4-9(5-3-8)7-14(13)10(12)6-11/h2-6H,7,11-13H2,1H3/b10-6-. The molecule has 0 atom stereocenters. The van der Waals surface area contributed by atoms with Crippen LogP contribution in [0.5, 0.6) is 0 Å². The van der Waals surface area contributed by atoms with Gasteiger partial charge in [0.15, 0.2) is 0 Å². The molecule has 1 aromatic rings. The van der Waals surface area contributed by atoms with Gasteiger partial charge < -0.3 is 11.5 Å². The number of hydrogen-bond acceptors (Lipinski definition) is 4. The molecule has 0 heterocycles. The first-order chi connectivity index (χ1) is 6.63. The minimum atomic E-state index is 0.366. The molecule has 0 bridgehead atoms. The summed E-state index contributed by atoms with van der Waals surface area (Å²) in [5.74, 6) is 6.02. The summed E-state index contributed by atoms with van der Waals surface area (Å²) >= 11 is 0. The predicted octanol–water partition coefficient (Wildman–Crippen LogP) is 0.387. The Morgan fingerprint density at radius 3 is 2.43 bits per heavy atom. The lowest BCUT2D eigenvalue weighted by Crippen LogP contribution is -2.34. The first-order valence-corrected chi connectivity index (χ1v) is 4.38. The Kier molecular flexibility index (Phi) is 3.36. The third-order valence-corrected chi connectivity index (χ3v) is 1.98. The van der Waals surface area contributed by atoms with Crippen LogP contribution in [0.3, 0.4) is 0 Å². The van der Waals surface area contributed by atoms with Crippen molar-refractivity contribution in [3.63, 3.8) is 0 Å². The number of benzene rings is 1. The van der Waals surface area contributed by atoms with Crippen LogP contribution < -0.4 is 17.3 Å². The maximum atomic E-state index is 5.66. The van der Waals surface area contributed by atoms with Crippen LogP contribution in [0.1, 0.15) is 11.1 Å². The van der Waals surface area contributed by atoms with Crippen molar-refractivity contribution in [1.29, 1.82) is 0 Å². The van der Waals surface area contributed by atoms with Crippen molar-refractivity contribution < 1.29 is 0 Å². The van der Waals surface area contributed by atoms with Gasteiger partial charge in [-0.3, -0.25) is 5.01 Å². The number of nitrogens with two attached hydrogens (primary N) is 3. The smallest absolute Gasteiger partial charge is 0.129 e. The largest absolute Gasteiger partial charge is 0.402 e. The fourth-order valence-electron chi connectivity index (χ4n) is 1.08. The Hall–Kier alpha value is -1.68. The van der Waals surface area contributed by atoms with Gasteiger partial charge in [0, 0.05) is 6.20 Å². The molecule has 14 heavy (non-hydrogen) atoms. The van der Waals surface area contributed by atoms with Crippen molar-refractivity contribution in [3.8, 4) is 0 Å². The van der Waals surface area contributed by atoms with Crippen LogP contribution in [0.15, 0.2) is 36.3 Å². The first-order valence-electron chi connectivity index (χ1n) is 4.38. The first kappa shape index (κ1) is 10.4. The van der Waals surface area contributed by atoms with Gasteiger partial charge in [-0.15, -0.1) is 0 Å². The molecule has 0 aromatic heterocycles. The summed E-state index contributed by atoms with van der Waals surface area (Å²) in [6.07, 6.45) is 1.29. The van der Waals surface area contributed by atoms with Crippen molar-refractivity contribution in [1.82, 2.24) is 5.01 Å². The van der Waals surface area contributed by atoms with Crippen molar-refractivity contribution >= 4 is 0 Å². The fourth-order valence-corrected chi connectivity index (χ4v) is 1.08. The van der Waals surface area contributed by atoms with Gasteiger partial charge in [0.25, 0.3) is 0 Å². The zero-order chi connectivity index (χ0) is 10.6. The average molecular weight is 192 g/mol. The second kappa shape index (κ2) is 4.53. The molecular weight excluding hydrogens is 176 g/mol. The highest BCUT2D eigenvalue weighted by atomic mass is 15.4. The molecule has 1 aromatic carbocycles. The van der Waals surface area contributed by atoms with Crippen LogP contribution in [0, 0.1) is 6.92 Å². The van der Waals surface area contributed by atoms with Gasteiger partial charge >= 0.3 is 0 Å². The van der Waals surface area contributed by atoms with Crippen molar-refractivity contribution in [2.75, 3.05) is 0 Å². The third kappa shape index (κ3) is 2.67. The molecule has 6 N–H and O–H groups in total. The maximum absolute atomic E-state index is 5.66. The zero-order valence-corrected chi connectivity index (χ0v) is 8.27. The molecule has 76 valence electrons. The van der Waals surface area contributed by atoms with Crippen LogP contribution in [0.4, 0.5) is 0 Å². The summed E-state index contributed by atoms with van der Waals surface area (Å²) in [6, 6.07) is 8.09. The highest BCUT2D eigenvalue weighted by molar-refractivity contribution is 5.21. The summed E-state index contributed by atoms with van der Waals surface area (Å²) in [5, 5.41) is 1.41. The lowest BCUT2D eigenvalue weighted by molar-refractivity contribution is 0.346. The van der Waals surface area contributed by atoms with E-state index in [4.69, 9.17) is 17.3 Å². The summed E-state index contributed by atoms with van der Waals surface area (Å²) in [7, 11) is 0. The topological polar surface area (TPSA) is 81.3 Å². The van der Waals surface area contributed by atoms with Crippen LogP contribution in [0.25, 0.3) is 0 Å². The van der Waals surface area contributed by atoms with E-state index in [0.717, 1.165) is 5.56 Å². The van der Waals surface area contributed by atoms with Gasteiger partial charge in [0.05, 0.1) is 6.54 Å². The van der Waals surface area contributed by atoms with Crippen molar-refractivity contribution in [2.45, 2.75) is 13.5 Å². The van der Waals surface area contributed by atoms with E-state index in [2.05, 4.69) is 0 Å². The number of aryl methyl sites for hydroxylation is 1. The minimum absolute atomic E-state index is 0.366. The molecule has 0 saturated carbocycles. The molecule has 0 aliphatic heterocycles. The molecule has 1 rings (SSSR count). The number of hydrogen-bond donors (Lipinski definition) is 3. The quantitative estimate of drug-likeness (QED) is 0.478. The van der Waals surface area contributed by atoms with E-state index in [1.807, 2.05) is 31.2 Å². The Labute approximate surface area is 84.0 Å². The molecule has 0 unspecified atom stereocenters. The van der Waals surface area contributed by atoms with E-state index in [1.54, 1.807) is 0 Å². The zero-order valence-electron chi connectivity index (χ0n) is 8.27. The lowest BCUT2D eigenvalue weighted by Gasteiger charge is -2.18. The van der Waals surface area contributed by atoms with Gasteiger partial charge in [-0.25, -0.2) is 5.84 Å². The molecule has 0 radical (unpaired) electrons. The number of hydrazine groups is 1. The summed E-state index contributed by atoms with van der Waals surface area (Å²) in [5.41, 5.74) is 13.1. The average Bonchev–Trinajstić information content (AvgIpc) is 2.20. The monoisotopic (exact) mass is 192 g/mol. The van der Waals surface area contributed by atoms with Crippen LogP contribution in [-0.4, -0.2) is 5.01 Å². The Bertz CT molecular complexity index is 315. The Morgan fingerprint density at radius 2 is 1.93 bits per heavy atom. The van der Waals surface area contributed by atoms with E-state index in [0.29, 0.717) is 12.4 Å². The molecule has 0 saturated heterocycles. The van der Waals surface area contributed by atoms with Crippen molar-refractivity contribution in [3.05, 3.63) is 47.4 Å². The lowest BCUT2D eigenvalue weighted by atomic mass is 10.1. The van der Waals surface area contributed by atoms with Gasteiger partial charge in [-0.05, 0) is 12.5 Å². The van der Waals surface area contributed by atoms with E-state index >= 15 is 0 Å². The number of nitrogens with zero attached hydrogens (tertiary/aromatic N) is 1. The van der Waals surface area contributed by atoms with E-state index in [1.165, 1.54) is 16.8 Å². The van der Waals surface area contributed by atoms with Gasteiger partial charge in [-0.1, -0.05) is 29.8 Å². The molecule has 0 aliphatic rings. The highest BCUT2D eigenvalue weighted by Crippen LogP contribution is 2.05. The fraction of sp³-hybridized carbons (Fsp3) is 0.200. The van der Waals surface area contributed by atoms with Crippen molar-refractivity contribution in [2.24, 2.45) is 17.3 Å². The summed E-state index contributed by atoms with van der Waals surface area (Å²) in [6.45, 7) is 2.60. The van der Waals surface area contributed by atoms with Crippen LogP contribution in [0.2, 0.25) is 0 Å². The van der Waals surface area contributed by atoms with Gasteiger partial charge in [0.1, 0.15) is 5.82 Å².